The van der Waals surface area contributed by atoms with E-state index in [-0.39, 0.29) is 5.69 Å². The zero-order chi connectivity index (χ0) is 48.8. The monoisotopic (exact) mass is 738 g/mol. The van der Waals surface area contributed by atoms with E-state index in [1.807, 2.05) is 48.5 Å². The number of benzene rings is 9. The summed E-state index contributed by atoms with van der Waals surface area (Å²) < 4.78 is 121. The van der Waals surface area contributed by atoms with Crippen LogP contribution in [0.1, 0.15) is 17.8 Å². The van der Waals surface area contributed by atoms with Gasteiger partial charge in [0.1, 0.15) is 0 Å². The van der Waals surface area contributed by atoms with Crippen molar-refractivity contribution in [3.63, 3.8) is 0 Å². The lowest BCUT2D eigenvalue weighted by molar-refractivity contribution is 1.13. The standard InChI is InChI=1S/C54H35N3/c1-2-13-36(14-3-1)37-25-27-38(28-26-37)39-29-31-40(32-30-39)55-48-20-8-7-18-45(48)47-35-41(33-34-52(47)55)56-49-21-9-6-17-44(49)46-19-12-24-53(54(46)56)57-50-22-10-4-15-42(50)43-16-5-11-23-51(43)57/h1-35H/i1D,2D,3D,13D,14D,25D,26D,27D,28D,29D,30D,31D,32D. The summed E-state index contributed by atoms with van der Waals surface area (Å²) in [6.45, 7) is 0. The second-order valence-electron chi connectivity index (χ2n) is 13.9. The van der Waals surface area contributed by atoms with Crippen molar-refractivity contribution >= 4 is 65.4 Å². The van der Waals surface area contributed by atoms with E-state index in [4.69, 9.17) is 12.3 Å². The molecular formula is C54H35N3. The van der Waals surface area contributed by atoms with Crippen LogP contribution in [0.25, 0.3) is 105 Å². The van der Waals surface area contributed by atoms with Crippen LogP contribution in [-0.2, 0) is 0 Å². The van der Waals surface area contributed by atoms with Crippen molar-refractivity contribution in [2.45, 2.75) is 0 Å². The van der Waals surface area contributed by atoms with Gasteiger partial charge >= 0.3 is 0 Å². The minimum Gasteiger partial charge on any atom is -0.309 e. The zero-order valence-electron chi connectivity index (χ0n) is 43.0. The highest BCUT2D eigenvalue weighted by molar-refractivity contribution is 6.16. The van der Waals surface area contributed by atoms with Gasteiger partial charge in [0.25, 0.3) is 0 Å². The number of nitrogens with zero attached hydrogens (tertiary/aromatic N) is 3. The third kappa shape index (κ3) is 4.79. The maximum absolute atomic E-state index is 9.50. The molecule has 0 atom stereocenters. The molecule has 0 amide bonds. The molecular weight excluding hydrogens is 691 g/mol. The number of hydrogen-bond donors (Lipinski definition) is 0. The first kappa shape index (κ1) is 21.5. The van der Waals surface area contributed by atoms with Crippen molar-refractivity contribution in [2.24, 2.45) is 0 Å². The highest BCUT2D eigenvalue weighted by atomic mass is 15.1. The third-order valence-electron chi connectivity index (χ3n) is 10.9. The van der Waals surface area contributed by atoms with Crippen molar-refractivity contribution in [1.82, 2.24) is 13.7 Å². The van der Waals surface area contributed by atoms with E-state index in [1.54, 1.807) is 4.57 Å². The minimum atomic E-state index is -0.765. The van der Waals surface area contributed by atoms with Gasteiger partial charge in [0.15, 0.2) is 0 Å². The van der Waals surface area contributed by atoms with Gasteiger partial charge in [-0.05, 0) is 82.9 Å². The molecule has 0 aliphatic rings. The fourth-order valence-electron chi connectivity index (χ4n) is 8.45. The maximum Gasteiger partial charge on any atom is 0.0782 e. The Morgan fingerprint density at radius 3 is 1.33 bits per heavy atom. The highest BCUT2D eigenvalue weighted by Crippen LogP contribution is 2.41. The quantitative estimate of drug-likeness (QED) is 0.167. The predicted molar refractivity (Wildman–Crippen MR) is 240 cm³/mol. The molecule has 0 saturated carbocycles. The SMILES string of the molecule is [2H]c1c([2H])c([2H])c(-c2c([2H])c([2H])c(-c3c([2H])c([2H])c(-n4c5ccccc5c5cc(-n6c7ccccc7c7cccc(-n8c9ccccc9c9ccccc98)c76)ccc54)c([2H])c3[2H])c([2H])c2[2H])c([2H])c1[2H]. The maximum atomic E-state index is 9.50. The Kier molecular flexibility index (Phi) is 4.69. The molecule has 0 radical (unpaired) electrons. The van der Waals surface area contributed by atoms with Crippen molar-refractivity contribution in [2.75, 3.05) is 0 Å². The highest BCUT2D eigenvalue weighted by Gasteiger charge is 2.21. The summed E-state index contributed by atoms with van der Waals surface area (Å²) in [5, 5.41) is 5.97. The van der Waals surface area contributed by atoms with Crippen LogP contribution in [-0.4, -0.2) is 13.7 Å². The van der Waals surface area contributed by atoms with Gasteiger partial charge in [-0.1, -0.05) is 151 Å². The molecule has 3 nitrogen and oxygen atoms in total. The van der Waals surface area contributed by atoms with Crippen LogP contribution in [0.4, 0.5) is 0 Å². The number of fused-ring (bicyclic) bond motifs is 9. The number of hydrogen-bond acceptors (Lipinski definition) is 0. The number of para-hydroxylation sites is 5. The molecule has 0 fully saturated rings. The zero-order valence-corrected chi connectivity index (χ0v) is 30.0. The lowest BCUT2D eigenvalue weighted by Crippen LogP contribution is -2.00. The Labute approximate surface area is 347 Å². The molecule has 0 saturated heterocycles. The molecule has 0 aliphatic carbocycles. The smallest absolute Gasteiger partial charge is 0.0782 e. The van der Waals surface area contributed by atoms with E-state index in [0.29, 0.717) is 11.0 Å². The fourth-order valence-corrected chi connectivity index (χ4v) is 8.45. The van der Waals surface area contributed by atoms with E-state index in [0.717, 1.165) is 65.8 Å². The van der Waals surface area contributed by atoms with E-state index in [9.17, 15) is 5.48 Å². The lowest BCUT2D eigenvalue weighted by atomic mass is 10.0. The van der Waals surface area contributed by atoms with Gasteiger partial charge < -0.3 is 13.7 Å². The van der Waals surface area contributed by atoms with E-state index in [2.05, 4.69) is 94.1 Å². The first-order chi connectivity index (χ1) is 33.7. The average molecular weight is 739 g/mol. The van der Waals surface area contributed by atoms with Gasteiger partial charge in [0, 0.05) is 43.7 Å². The van der Waals surface area contributed by atoms with Crippen LogP contribution in [0.3, 0.4) is 0 Å². The molecule has 0 bridgehead atoms. The molecule has 57 heavy (non-hydrogen) atoms. The van der Waals surface area contributed by atoms with Gasteiger partial charge in [0.2, 0.25) is 0 Å². The normalized spacial score (nSPS) is 15.1. The van der Waals surface area contributed by atoms with Crippen LogP contribution in [0.5, 0.6) is 0 Å². The molecule has 12 aromatic rings. The molecule has 0 N–H and O–H groups in total. The number of rotatable bonds is 5. The Bertz CT molecular complexity index is 4160. The molecule has 3 heteroatoms. The van der Waals surface area contributed by atoms with E-state index >= 15 is 0 Å². The predicted octanol–water partition coefficient (Wildman–Crippen LogP) is 14.3. The van der Waals surface area contributed by atoms with Gasteiger partial charge in [0.05, 0.1) is 56.6 Å². The third-order valence-corrected chi connectivity index (χ3v) is 10.9. The molecule has 0 aliphatic heterocycles. The van der Waals surface area contributed by atoms with Gasteiger partial charge in [-0.2, -0.15) is 0 Å². The van der Waals surface area contributed by atoms with Crippen LogP contribution >= 0.6 is 0 Å². The average Bonchev–Trinajstić information content (AvgIpc) is 4.02. The summed E-state index contributed by atoms with van der Waals surface area (Å²) in [5.74, 6) is 0. The summed E-state index contributed by atoms with van der Waals surface area (Å²) in [6, 6.07) is 36.1. The lowest BCUT2D eigenvalue weighted by Gasteiger charge is -2.15. The van der Waals surface area contributed by atoms with Crippen molar-refractivity contribution in [3.05, 3.63) is 212 Å². The summed E-state index contributed by atoms with van der Waals surface area (Å²) in [6.07, 6.45) is 0. The fraction of sp³-hybridized carbons (Fsp3) is 0. The summed E-state index contributed by atoms with van der Waals surface area (Å²) >= 11 is 0. The summed E-state index contributed by atoms with van der Waals surface area (Å²) in [4.78, 5) is 0. The van der Waals surface area contributed by atoms with E-state index in [1.165, 1.54) is 0 Å². The van der Waals surface area contributed by atoms with Crippen molar-refractivity contribution < 1.29 is 17.8 Å². The van der Waals surface area contributed by atoms with Crippen molar-refractivity contribution in [3.8, 4) is 39.3 Å². The van der Waals surface area contributed by atoms with Crippen LogP contribution in [0.15, 0.2) is 212 Å². The van der Waals surface area contributed by atoms with Gasteiger partial charge in [-0.15, -0.1) is 0 Å². The van der Waals surface area contributed by atoms with E-state index < -0.39 is 101 Å². The first-order valence-electron chi connectivity index (χ1n) is 25.1. The Balaban J connectivity index is 1.08. The van der Waals surface area contributed by atoms with Gasteiger partial charge in [-0.25, -0.2) is 0 Å². The Morgan fingerprint density at radius 2 is 0.737 bits per heavy atom. The Morgan fingerprint density at radius 1 is 0.298 bits per heavy atom. The molecule has 0 unspecified atom stereocenters. The van der Waals surface area contributed by atoms with Crippen LogP contribution < -0.4 is 0 Å². The minimum absolute atomic E-state index is 0.0887. The number of aromatic nitrogens is 3. The Hall–Kier alpha value is -7.62. The molecule has 12 rings (SSSR count). The first-order valence-corrected chi connectivity index (χ1v) is 18.6. The van der Waals surface area contributed by atoms with Crippen LogP contribution in [0, 0.1) is 0 Å². The second-order valence-corrected chi connectivity index (χ2v) is 13.9. The second kappa shape index (κ2) is 12.5. The summed E-state index contributed by atoms with van der Waals surface area (Å²) in [7, 11) is 0. The largest absolute Gasteiger partial charge is 0.309 e. The van der Waals surface area contributed by atoms with Crippen LogP contribution in [0.2, 0.25) is 0 Å². The molecule has 3 aromatic heterocycles. The summed E-state index contributed by atoms with van der Waals surface area (Å²) in [5.41, 5.74) is 4.99. The molecule has 266 valence electrons. The van der Waals surface area contributed by atoms with Crippen molar-refractivity contribution in [1.29, 1.82) is 0 Å². The topological polar surface area (TPSA) is 14.8 Å². The molecule has 9 aromatic carbocycles. The van der Waals surface area contributed by atoms with Gasteiger partial charge in [-0.3, -0.25) is 0 Å². The molecule has 3 heterocycles. The molecule has 0 spiro atoms.